The molecule has 0 radical (unpaired) electrons. The lowest BCUT2D eigenvalue weighted by Gasteiger charge is -2.28. The van der Waals surface area contributed by atoms with Gasteiger partial charge in [0.25, 0.3) is 0 Å². The van der Waals surface area contributed by atoms with Gasteiger partial charge in [-0.15, -0.1) is 0 Å². The SMILES string of the molecule is CCCCCOc1ccc(/C=C/C(=O)O)cc1OCCCCCCOC(=O)NCCC[Si](OCC)(OCC)OCC. The van der Waals surface area contributed by atoms with E-state index in [1.54, 1.807) is 6.07 Å². The van der Waals surface area contributed by atoms with Crippen LogP contribution in [0, 0.1) is 0 Å². The number of carbonyl (C=O) groups excluding carboxylic acids is 1. The van der Waals surface area contributed by atoms with Crippen LogP contribution in [-0.2, 0) is 22.8 Å². The number of hydrogen-bond donors (Lipinski definition) is 2. The molecule has 41 heavy (non-hydrogen) atoms. The molecule has 2 N–H and O–H groups in total. The fraction of sp³-hybridized carbons (Fsp3) is 0.667. The molecule has 11 heteroatoms. The number of hydrogen-bond acceptors (Lipinski definition) is 8. The number of amides is 1. The van der Waals surface area contributed by atoms with Crippen LogP contribution in [0.3, 0.4) is 0 Å². The third-order valence-corrected chi connectivity index (χ3v) is 9.09. The summed E-state index contributed by atoms with van der Waals surface area (Å²) >= 11 is 0. The highest BCUT2D eigenvalue weighted by molar-refractivity contribution is 6.60. The molecule has 1 rings (SSSR count). The molecule has 0 saturated carbocycles. The minimum atomic E-state index is -2.69. The van der Waals surface area contributed by atoms with Crippen molar-refractivity contribution < 1.29 is 42.2 Å². The average molecular weight is 598 g/mol. The van der Waals surface area contributed by atoms with Crippen LogP contribution in [0.5, 0.6) is 11.5 Å². The zero-order chi connectivity index (χ0) is 30.2. The molecular weight excluding hydrogens is 546 g/mol. The summed E-state index contributed by atoms with van der Waals surface area (Å²) in [6.07, 6.45) is 9.51. The van der Waals surface area contributed by atoms with Crippen LogP contribution < -0.4 is 14.8 Å². The van der Waals surface area contributed by atoms with Gasteiger partial charge in [0.05, 0.1) is 19.8 Å². The van der Waals surface area contributed by atoms with Crippen LogP contribution in [0.2, 0.25) is 6.04 Å². The molecule has 10 nitrogen and oxygen atoms in total. The van der Waals surface area contributed by atoms with Crippen LogP contribution in [-0.4, -0.2) is 72.2 Å². The van der Waals surface area contributed by atoms with Crippen molar-refractivity contribution in [3.63, 3.8) is 0 Å². The highest BCUT2D eigenvalue weighted by atomic mass is 28.4. The Morgan fingerprint density at radius 1 is 0.805 bits per heavy atom. The molecule has 0 aliphatic heterocycles. The van der Waals surface area contributed by atoms with Gasteiger partial charge in [0, 0.05) is 38.5 Å². The smallest absolute Gasteiger partial charge is 0.490 e. The van der Waals surface area contributed by atoms with Crippen molar-refractivity contribution in [2.45, 2.75) is 85.1 Å². The lowest BCUT2D eigenvalue weighted by Crippen LogP contribution is -2.46. The number of rotatable bonds is 25. The van der Waals surface area contributed by atoms with Crippen molar-refractivity contribution in [1.82, 2.24) is 5.32 Å². The van der Waals surface area contributed by atoms with Crippen molar-refractivity contribution in [2.75, 3.05) is 46.2 Å². The molecule has 0 aliphatic carbocycles. The summed E-state index contributed by atoms with van der Waals surface area (Å²) in [6.45, 7) is 11.4. The molecule has 0 fully saturated rings. The number of benzene rings is 1. The first-order chi connectivity index (χ1) is 19.9. The van der Waals surface area contributed by atoms with Crippen LogP contribution in [0.15, 0.2) is 24.3 Å². The Labute approximate surface area is 247 Å². The first-order valence-electron chi connectivity index (χ1n) is 15.0. The summed E-state index contributed by atoms with van der Waals surface area (Å²) < 4.78 is 34.7. The molecule has 0 bridgehead atoms. The van der Waals surface area contributed by atoms with Crippen molar-refractivity contribution in [3.8, 4) is 11.5 Å². The zero-order valence-corrected chi connectivity index (χ0v) is 26.4. The van der Waals surface area contributed by atoms with Gasteiger partial charge in [0.1, 0.15) is 0 Å². The first-order valence-corrected chi connectivity index (χ1v) is 17.0. The number of nitrogens with one attached hydrogen (secondary N) is 1. The third-order valence-electron chi connectivity index (χ3n) is 5.94. The molecule has 0 spiro atoms. The summed E-state index contributed by atoms with van der Waals surface area (Å²) in [5, 5.41) is 11.7. The van der Waals surface area contributed by atoms with E-state index in [9.17, 15) is 9.59 Å². The molecule has 234 valence electrons. The molecule has 0 aliphatic rings. The molecule has 0 unspecified atom stereocenters. The summed E-state index contributed by atoms with van der Waals surface area (Å²) in [4.78, 5) is 22.9. The zero-order valence-electron chi connectivity index (χ0n) is 25.4. The van der Waals surface area contributed by atoms with Gasteiger partial charge in [-0.25, -0.2) is 9.59 Å². The minimum absolute atomic E-state index is 0.357. The quantitative estimate of drug-likeness (QED) is 0.0743. The van der Waals surface area contributed by atoms with E-state index in [0.717, 1.165) is 56.6 Å². The van der Waals surface area contributed by atoms with E-state index < -0.39 is 20.9 Å². The molecule has 1 aromatic carbocycles. The van der Waals surface area contributed by atoms with Gasteiger partial charge >= 0.3 is 20.9 Å². The Bertz CT molecular complexity index is 864. The normalized spacial score (nSPS) is 11.5. The molecule has 0 aromatic heterocycles. The Morgan fingerprint density at radius 2 is 1.41 bits per heavy atom. The second-order valence-electron chi connectivity index (χ2n) is 9.34. The Kier molecular flexibility index (Phi) is 20.4. The van der Waals surface area contributed by atoms with Gasteiger partial charge in [-0.05, 0) is 83.1 Å². The predicted octanol–water partition coefficient (Wildman–Crippen LogP) is 6.46. The summed E-state index contributed by atoms with van der Waals surface area (Å²) in [5.41, 5.74) is 0.734. The predicted molar refractivity (Wildman–Crippen MR) is 162 cm³/mol. The van der Waals surface area contributed by atoms with Gasteiger partial charge in [-0.1, -0.05) is 25.8 Å². The fourth-order valence-electron chi connectivity index (χ4n) is 4.01. The summed E-state index contributed by atoms with van der Waals surface area (Å²) in [7, 11) is -2.69. The fourth-order valence-corrected chi connectivity index (χ4v) is 6.63. The van der Waals surface area contributed by atoms with Crippen LogP contribution in [0.4, 0.5) is 4.79 Å². The minimum Gasteiger partial charge on any atom is -0.490 e. The molecule has 1 aromatic rings. The number of carboxylic acids is 1. The first kappa shape index (κ1) is 36.4. The molecular formula is C30H51NO9Si. The average Bonchev–Trinajstić information content (AvgIpc) is 2.95. The second-order valence-corrected chi connectivity index (χ2v) is 12.1. The maximum atomic E-state index is 12.0. The number of alkyl carbamates (subject to hydrolysis) is 1. The molecule has 1 amide bonds. The Hall–Kier alpha value is -2.60. The van der Waals surface area contributed by atoms with E-state index >= 15 is 0 Å². The number of ether oxygens (including phenoxy) is 3. The standard InChI is InChI=1S/C30H51NO9Si/c1-5-9-12-21-35-27-18-16-26(17-19-29(32)33)25-28(27)36-22-13-10-11-14-23-37-30(34)31-20-15-24-41(38-6-2,39-7-3)40-8-4/h16-19,25H,5-15,20-24H2,1-4H3,(H,31,34)(H,32,33)/b19-17+. The highest BCUT2D eigenvalue weighted by Crippen LogP contribution is 2.29. The number of carbonyl (C=O) groups is 2. The molecule has 0 saturated heterocycles. The van der Waals surface area contributed by atoms with Crippen molar-refractivity contribution in [1.29, 1.82) is 0 Å². The summed E-state index contributed by atoms with van der Waals surface area (Å²) in [5.74, 6) is 0.270. The van der Waals surface area contributed by atoms with E-state index in [-0.39, 0.29) is 0 Å². The molecule has 0 heterocycles. The van der Waals surface area contributed by atoms with E-state index in [4.69, 9.17) is 32.6 Å². The van der Waals surface area contributed by atoms with Crippen molar-refractivity contribution in [3.05, 3.63) is 29.8 Å². The van der Waals surface area contributed by atoms with Gasteiger partial charge in [0.2, 0.25) is 0 Å². The maximum Gasteiger partial charge on any atom is 0.500 e. The maximum absolute atomic E-state index is 12.0. The second kappa shape index (κ2) is 23.0. The Morgan fingerprint density at radius 3 is 2.02 bits per heavy atom. The lowest BCUT2D eigenvalue weighted by atomic mass is 10.2. The van der Waals surface area contributed by atoms with Crippen LogP contribution in [0.1, 0.15) is 84.6 Å². The van der Waals surface area contributed by atoms with E-state index in [0.29, 0.717) is 70.1 Å². The Balaban J connectivity index is 2.30. The largest absolute Gasteiger partial charge is 0.500 e. The van der Waals surface area contributed by atoms with Gasteiger partial charge in [-0.3, -0.25) is 0 Å². The molecule has 0 atom stereocenters. The number of carboxylic acid groups (broad SMARTS) is 1. The van der Waals surface area contributed by atoms with Crippen LogP contribution in [0.25, 0.3) is 6.08 Å². The topological polar surface area (TPSA) is 122 Å². The van der Waals surface area contributed by atoms with E-state index in [2.05, 4.69) is 12.2 Å². The van der Waals surface area contributed by atoms with Crippen molar-refractivity contribution in [2.24, 2.45) is 0 Å². The van der Waals surface area contributed by atoms with E-state index in [1.807, 2.05) is 32.9 Å². The highest BCUT2D eigenvalue weighted by Gasteiger charge is 2.39. The third kappa shape index (κ3) is 17.1. The van der Waals surface area contributed by atoms with Crippen molar-refractivity contribution >= 4 is 26.9 Å². The van der Waals surface area contributed by atoms with Gasteiger partial charge in [-0.2, -0.15) is 0 Å². The number of unbranched alkanes of at least 4 members (excludes halogenated alkanes) is 5. The van der Waals surface area contributed by atoms with Gasteiger partial charge < -0.3 is 37.9 Å². The number of aliphatic carboxylic acids is 1. The van der Waals surface area contributed by atoms with Crippen LogP contribution >= 0.6 is 0 Å². The van der Waals surface area contributed by atoms with E-state index in [1.165, 1.54) is 6.08 Å². The summed E-state index contributed by atoms with van der Waals surface area (Å²) in [6, 6.07) is 6.07. The monoisotopic (exact) mass is 597 g/mol. The lowest BCUT2D eigenvalue weighted by molar-refractivity contribution is -0.131. The van der Waals surface area contributed by atoms with Gasteiger partial charge in [0.15, 0.2) is 11.5 Å².